The normalized spacial score (nSPS) is 10.7. The van der Waals surface area contributed by atoms with Crippen LogP contribution in [-0.4, -0.2) is 22.9 Å². The smallest absolute Gasteiger partial charge is 0.297 e. The molecule has 0 radical (unpaired) electrons. The van der Waals surface area contributed by atoms with Crippen molar-refractivity contribution >= 4 is 25.1 Å². The number of carbonyl (C=O) groups excluding carboxylic acids is 2. The Morgan fingerprint density at radius 2 is 1.23 bits per heavy atom. The monoisotopic (exact) mass is 296 g/mol. The Hall–Kier alpha value is -3.28. The second-order valence-corrected chi connectivity index (χ2v) is 4.02. The van der Waals surface area contributed by atoms with Crippen LogP contribution in [0.15, 0.2) is 49.2 Å². The Bertz CT molecular complexity index is 649. The Morgan fingerprint density at radius 1 is 0.773 bits per heavy atom. The summed E-state index contributed by atoms with van der Waals surface area (Å²) in [6, 6.07) is 7.16. The highest BCUT2D eigenvalue weighted by Gasteiger charge is 2.02. The van der Waals surface area contributed by atoms with Gasteiger partial charge in [-0.15, -0.1) is 0 Å². The summed E-state index contributed by atoms with van der Waals surface area (Å²) in [4.78, 5) is 28.7. The maximum absolute atomic E-state index is 10.1. The number of pyridine rings is 2. The van der Waals surface area contributed by atoms with Crippen molar-refractivity contribution in [1.82, 2.24) is 9.97 Å². The van der Waals surface area contributed by atoms with Gasteiger partial charge in [0.2, 0.25) is 0 Å². The summed E-state index contributed by atoms with van der Waals surface area (Å²) in [6.45, 7) is 0.689. The molecule has 0 saturated carbocycles. The van der Waals surface area contributed by atoms with Crippen LogP contribution in [0.4, 0.5) is 0 Å². The lowest BCUT2D eigenvalue weighted by Gasteiger charge is -2.02. The predicted octanol–water partition coefficient (Wildman–Crippen LogP) is 2.43. The van der Waals surface area contributed by atoms with Gasteiger partial charge in [0, 0.05) is 12.4 Å². The third-order valence-corrected chi connectivity index (χ3v) is 2.62. The summed E-state index contributed by atoms with van der Waals surface area (Å²) in [5.41, 5.74) is 2.97. The van der Waals surface area contributed by atoms with Crippen molar-refractivity contribution in [3.05, 3.63) is 60.3 Å². The SMILES string of the molecule is O=CO/C=C/c1ccnc(-c2cc(/C=C/OC=O)ccn2)c1. The van der Waals surface area contributed by atoms with E-state index in [2.05, 4.69) is 19.4 Å². The van der Waals surface area contributed by atoms with Crippen LogP contribution >= 0.6 is 0 Å². The van der Waals surface area contributed by atoms with Crippen molar-refractivity contribution in [1.29, 1.82) is 0 Å². The minimum Gasteiger partial charge on any atom is -0.437 e. The molecule has 0 aliphatic carbocycles. The fourth-order valence-electron chi connectivity index (χ4n) is 1.68. The fourth-order valence-corrected chi connectivity index (χ4v) is 1.68. The van der Waals surface area contributed by atoms with Crippen LogP contribution in [0.1, 0.15) is 11.1 Å². The number of aromatic nitrogens is 2. The third kappa shape index (κ3) is 4.38. The summed E-state index contributed by atoms with van der Waals surface area (Å²) in [7, 11) is 0. The largest absolute Gasteiger partial charge is 0.437 e. The minimum atomic E-state index is 0.345. The first kappa shape index (κ1) is 15.1. The zero-order valence-electron chi connectivity index (χ0n) is 11.5. The molecule has 0 spiro atoms. The van der Waals surface area contributed by atoms with Gasteiger partial charge in [-0.1, -0.05) is 0 Å². The lowest BCUT2D eigenvalue weighted by Crippen LogP contribution is -1.89. The maximum atomic E-state index is 10.1. The van der Waals surface area contributed by atoms with Crippen LogP contribution in [0, 0.1) is 0 Å². The van der Waals surface area contributed by atoms with Crippen LogP contribution in [-0.2, 0) is 19.1 Å². The van der Waals surface area contributed by atoms with Gasteiger partial charge in [0.25, 0.3) is 12.9 Å². The quantitative estimate of drug-likeness (QED) is 0.577. The fraction of sp³-hybridized carbons (Fsp3) is 0. The first-order valence-corrected chi connectivity index (χ1v) is 6.27. The van der Waals surface area contributed by atoms with E-state index < -0.39 is 0 Å². The second-order valence-electron chi connectivity index (χ2n) is 4.02. The third-order valence-electron chi connectivity index (χ3n) is 2.62. The van der Waals surface area contributed by atoms with E-state index >= 15 is 0 Å². The first-order valence-electron chi connectivity index (χ1n) is 6.27. The van der Waals surface area contributed by atoms with Crippen molar-refractivity contribution in [2.24, 2.45) is 0 Å². The maximum Gasteiger partial charge on any atom is 0.297 e. The zero-order valence-corrected chi connectivity index (χ0v) is 11.5. The standard InChI is InChI=1S/C16H12N2O4/c19-11-21-7-3-13-1-5-17-15(9-13)16-10-14(2-6-18-16)4-8-22-12-20/h1-12H/b7-3+,8-4+. The molecule has 0 bridgehead atoms. The summed E-state index contributed by atoms with van der Waals surface area (Å²) in [5, 5.41) is 0. The number of hydrogen-bond acceptors (Lipinski definition) is 6. The molecule has 22 heavy (non-hydrogen) atoms. The van der Waals surface area contributed by atoms with E-state index in [4.69, 9.17) is 0 Å². The Balaban J connectivity index is 2.24. The van der Waals surface area contributed by atoms with E-state index in [1.165, 1.54) is 12.5 Å². The topological polar surface area (TPSA) is 78.4 Å². The van der Waals surface area contributed by atoms with Gasteiger partial charge in [-0.05, 0) is 47.5 Å². The summed E-state index contributed by atoms with van der Waals surface area (Å²) >= 11 is 0. The second kappa shape index (κ2) is 8.11. The van der Waals surface area contributed by atoms with Crippen LogP contribution in [0.2, 0.25) is 0 Å². The van der Waals surface area contributed by atoms with Crippen LogP contribution in [0.25, 0.3) is 23.5 Å². The average molecular weight is 296 g/mol. The Kier molecular flexibility index (Phi) is 5.57. The highest BCUT2D eigenvalue weighted by Crippen LogP contribution is 2.18. The van der Waals surface area contributed by atoms with Gasteiger partial charge >= 0.3 is 0 Å². The summed E-state index contributed by atoms with van der Waals surface area (Å²) in [6.07, 6.45) is 9.12. The number of hydrogen-bond donors (Lipinski definition) is 0. The molecule has 2 aromatic rings. The molecule has 0 aliphatic heterocycles. The van der Waals surface area contributed by atoms with E-state index in [1.54, 1.807) is 36.7 Å². The van der Waals surface area contributed by atoms with Crippen LogP contribution < -0.4 is 0 Å². The van der Waals surface area contributed by atoms with Crippen LogP contribution in [0.3, 0.4) is 0 Å². The summed E-state index contributed by atoms with van der Waals surface area (Å²) < 4.78 is 9.02. The van der Waals surface area contributed by atoms with E-state index in [9.17, 15) is 9.59 Å². The molecule has 6 nitrogen and oxygen atoms in total. The predicted molar refractivity (Wildman–Crippen MR) is 79.8 cm³/mol. The van der Waals surface area contributed by atoms with Crippen LogP contribution in [0.5, 0.6) is 0 Å². The van der Waals surface area contributed by atoms with Gasteiger partial charge in [-0.3, -0.25) is 19.6 Å². The van der Waals surface area contributed by atoms with E-state index in [0.717, 1.165) is 11.1 Å². The van der Waals surface area contributed by atoms with Gasteiger partial charge < -0.3 is 9.47 Å². The molecule has 0 atom stereocenters. The van der Waals surface area contributed by atoms with Gasteiger partial charge in [0.05, 0.1) is 23.9 Å². The van der Waals surface area contributed by atoms with Crippen molar-refractivity contribution in [2.75, 3.05) is 0 Å². The van der Waals surface area contributed by atoms with Crippen molar-refractivity contribution in [3.63, 3.8) is 0 Å². The van der Waals surface area contributed by atoms with E-state index in [0.29, 0.717) is 24.3 Å². The molecule has 2 heterocycles. The van der Waals surface area contributed by atoms with Gasteiger partial charge in [0.15, 0.2) is 0 Å². The highest BCUT2D eigenvalue weighted by atomic mass is 16.5. The molecular weight excluding hydrogens is 284 g/mol. The molecule has 2 rings (SSSR count). The van der Waals surface area contributed by atoms with Gasteiger partial charge in [-0.25, -0.2) is 0 Å². The highest BCUT2D eigenvalue weighted by molar-refractivity contribution is 5.63. The van der Waals surface area contributed by atoms with E-state index in [-0.39, 0.29) is 0 Å². The first-order chi connectivity index (χ1) is 10.8. The van der Waals surface area contributed by atoms with Crippen molar-refractivity contribution in [3.8, 4) is 11.4 Å². The van der Waals surface area contributed by atoms with Crippen molar-refractivity contribution in [2.45, 2.75) is 0 Å². The lowest BCUT2D eigenvalue weighted by atomic mass is 10.1. The Morgan fingerprint density at radius 3 is 1.64 bits per heavy atom. The molecule has 6 heteroatoms. The molecule has 0 amide bonds. The van der Waals surface area contributed by atoms with E-state index in [1.807, 2.05) is 12.1 Å². The lowest BCUT2D eigenvalue weighted by molar-refractivity contribution is -0.124. The molecule has 2 aromatic heterocycles. The molecule has 0 unspecified atom stereocenters. The number of rotatable bonds is 7. The molecule has 0 aliphatic rings. The number of ether oxygens (including phenoxy) is 2. The van der Waals surface area contributed by atoms with Crippen molar-refractivity contribution < 1.29 is 19.1 Å². The molecular formula is C16H12N2O4. The molecule has 0 fully saturated rings. The summed E-state index contributed by atoms with van der Waals surface area (Å²) in [5.74, 6) is 0. The number of carbonyl (C=O) groups is 2. The molecule has 0 N–H and O–H groups in total. The average Bonchev–Trinajstić information content (AvgIpc) is 2.56. The number of nitrogens with zero attached hydrogens (tertiary/aromatic N) is 2. The zero-order chi connectivity index (χ0) is 15.6. The molecule has 0 saturated heterocycles. The Labute approximate surface area is 126 Å². The van der Waals surface area contributed by atoms with Gasteiger partial charge in [0.1, 0.15) is 0 Å². The van der Waals surface area contributed by atoms with Gasteiger partial charge in [-0.2, -0.15) is 0 Å². The molecule has 110 valence electrons. The molecule has 0 aromatic carbocycles. The minimum absolute atomic E-state index is 0.345.